The summed E-state index contributed by atoms with van der Waals surface area (Å²) in [4.78, 5) is 11.9. The zero-order chi connectivity index (χ0) is 11.1. The molecule has 0 unspecified atom stereocenters. The monoisotopic (exact) mass is 211 g/mol. The Morgan fingerprint density at radius 2 is 2.07 bits per heavy atom. The zero-order valence-corrected chi connectivity index (χ0v) is 9.88. The second kappa shape index (κ2) is 3.78. The Morgan fingerprint density at radius 3 is 2.73 bits per heavy atom. The van der Waals surface area contributed by atoms with E-state index in [1.807, 2.05) is 20.8 Å². The topological polar surface area (TPSA) is 38.3 Å². The molecule has 0 aromatic rings. The van der Waals surface area contributed by atoms with E-state index in [4.69, 9.17) is 4.74 Å². The standard InChI is InChI=1S/C12H21NO2/c1-12(2,3)15-11(14)10-9-6-4-5-8(9)7-13-10/h8-10,13H,4-7H2,1-3H3/t8-,9+,10-/m1/s1. The first-order valence-electron chi connectivity index (χ1n) is 5.93. The van der Waals surface area contributed by atoms with Crippen molar-refractivity contribution in [2.75, 3.05) is 6.54 Å². The summed E-state index contributed by atoms with van der Waals surface area (Å²) in [5.74, 6) is 1.18. The number of esters is 1. The molecule has 3 atom stereocenters. The molecule has 0 aromatic heterocycles. The van der Waals surface area contributed by atoms with Crippen molar-refractivity contribution in [3.05, 3.63) is 0 Å². The van der Waals surface area contributed by atoms with Crippen molar-refractivity contribution >= 4 is 5.97 Å². The molecule has 15 heavy (non-hydrogen) atoms. The van der Waals surface area contributed by atoms with Crippen molar-refractivity contribution in [1.82, 2.24) is 5.32 Å². The molecule has 2 fully saturated rings. The van der Waals surface area contributed by atoms with Crippen LogP contribution in [0.15, 0.2) is 0 Å². The maximum Gasteiger partial charge on any atom is 0.323 e. The molecule has 0 spiro atoms. The second-order valence-electron chi connectivity index (χ2n) is 5.77. The molecule has 0 aromatic carbocycles. The van der Waals surface area contributed by atoms with Crippen LogP contribution >= 0.6 is 0 Å². The van der Waals surface area contributed by atoms with Gasteiger partial charge in [0.15, 0.2) is 0 Å². The average Bonchev–Trinajstić information content (AvgIpc) is 2.57. The summed E-state index contributed by atoms with van der Waals surface area (Å²) in [6.07, 6.45) is 3.73. The minimum atomic E-state index is -0.366. The van der Waals surface area contributed by atoms with Gasteiger partial charge in [-0.2, -0.15) is 0 Å². The minimum Gasteiger partial charge on any atom is -0.459 e. The first-order chi connectivity index (χ1) is 6.97. The molecule has 1 heterocycles. The predicted molar refractivity (Wildman–Crippen MR) is 58.5 cm³/mol. The quantitative estimate of drug-likeness (QED) is 0.671. The molecule has 1 N–H and O–H groups in total. The number of carbonyl (C=O) groups excluding carboxylic acids is 1. The summed E-state index contributed by atoms with van der Waals surface area (Å²) < 4.78 is 5.43. The molecular formula is C12H21NO2. The average molecular weight is 211 g/mol. The van der Waals surface area contributed by atoms with E-state index in [-0.39, 0.29) is 17.6 Å². The first-order valence-corrected chi connectivity index (χ1v) is 5.93. The lowest BCUT2D eigenvalue weighted by molar-refractivity contribution is -0.158. The molecule has 3 heteroatoms. The molecular weight excluding hydrogens is 190 g/mol. The molecule has 2 rings (SSSR count). The van der Waals surface area contributed by atoms with Gasteiger partial charge in [0.25, 0.3) is 0 Å². The third-order valence-corrected chi connectivity index (χ3v) is 3.41. The van der Waals surface area contributed by atoms with E-state index >= 15 is 0 Å². The van der Waals surface area contributed by atoms with Gasteiger partial charge in [0.1, 0.15) is 11.6 Å². The Hall–Kier alpha value is -0.570. The number of hydrogen-bond acceptors (Lipinski definition) is 3. The summed E-state index contributed by atoms with van der Waals surface area (Å²) in [5, 5.41) is 3.31. The molecule has 1 aliphatic heterocycles. The molecule has 1 saturated carbocycles. The number of fused-ring (bicyclic) bond motifs is 1. The van der Waals surface area contributed by atoms with Crippen LogP contribution in [0.1, 0.15) is 40.0 Å². The third kappa shape index (κ3) is 2.33. The van der Waals surface area contributed by atoms with E-state index in [0.717, 1.165) is 6.54 Å². The number of ether oxygens (including phenoxy) is 1. The fourth-order valence-corrected chi connectivity index (χ4v) is 2.81. The van der Waals surface area contributed by atoms with Gasteiger partial charge in [-0.1, -0.05) is 6.42 Å². The highest BCUT2D eigenvalue weighted by Crippen LogP contribution is 2.38. The first kappa shape index (κ1) is 10.9. The second-order valence-corrected chi connectivity index (χ2v) is 5.77. The Morgan fingerprint density at radius 1 is 1.33 bits per heavy atom. The Kier molecular flexibility index (Phi) is 2.75. The van der Waals surface area contributed by atoms with Crippen molar-refractivity contribution in [3.63, 3.8) is 0 Å². The summed E-state index contributed by atoms with van der Waals surface area (Å²) in [6, 6.07) is -0.0447. The molecule has 2 aliphatic rings. The molecule has 0 bridgehead atoms. The van der Waals surface area contributed by atoms with Crippen LogP contribution in [-0.4, -0.2) is 24.2 Å². The van der Waals surface area contributed by atoms with Gasteiger partial charge >= 0.3 is 5.97 Å². The Balaban J connectivity index is 1.96. The van der Waals surface area contributed by atoms with Gasteiger partial charge in [-0.25, -0.2) is 0 Å². The molecule has 1 aliphatic carbocycles. The largest absolute Gasteiger partial charge is 0.459 e. The van der Waals surface area contributed by atoms with Gasteiger partial charge in [-0.05, 0) is 52.0 Å². The van der Waals surface area contributed by atoms with Gasteiger partial charge in [-0.3, -0.25) is 4.79 Å². The van der Waals surface area contributed by atoms with Crippen LogP contribution in [-0.2, 0) is 9.53 Å². The molecule has 0 radical (unpaired) electrons. The van der Waals surface area contributed by atoms with Gasteiger partial charge in [0, 0.05) is 0 Å². The van der Waals surface area contributed by atoms with Crippen LogP contribution in [0, 0.1) is 11.8 Å². The van der Waals surface area contributed by atoms with Gasteiger partial charge < -0.3 is 10.1 Å². The van der Waals surface area contributed by atoms with Crippen LogP contribution in [0.3, 0.4) is 0 Å². The highest BCUT2D eigenvalue weighted by molar-refractivity contribution is 5.77. The van der Waals surface area contributed by atoms with Crippen LogP contribution in [0.4, 0.5) is 0 Å². The predicted octanol–water partition coefficient (Wildman–Crippen LogP) is 1.72. The highest BCUT2D eigenvalue weighted by Gasteiger charge is 2.43. The number of nitrogens with one attached hydrogen (secondary N) is 1. The zero-order valence-electron chi connectivity index (χ0n) is 9.88. The maximum absolute atomic E-state index is 11.9. The van der Waals surface area contributed by atoms with E-state index in [1.54, 1.807) is 0 Å². The van der Waals surface area contributed by atoms with Crippen molar-refractivity contribution in [2.24, 2.45) is 11.8 Å². The van der Waals surface area contributed by atoms with Crippen LogP contribution in [0.2, 0.25) is 0 Å². The van der Waals surface area contributed by atoms with Gasteiger partial charge in [-0.15, -0.1) is 0 Å². The lowest BCUT2D eigenvalue weighted by Gasteiger charge is -2.24. The third-order valence-electron chi connectivity index (χ3n) is 3.41. The maximum atomic E-state index is 11.9. The fraction of sp³-hybridized carbons (Fsp3) is 0.917. The highest BCUT2D eigenvalue weighted by atomic mass is 16.6. The molecule has 3 nitrogen and oxygen atoms in total. The summed E-state index contributed by atoms with van der Waals surface area (Å²) in [6.45, 7) is 6.76. The van der Waals surface area contributed by atoms with E-state index in [9.17, 15) is 4.79 Å². The van der Waals surface area contributed by atoms with Gasteiger partial charge in [0.05, 0.1) is 0 Å². The lowest BCUT2D eigenvalue weighted by atomic mass is 9.94. The normalized spacial score (nSPS) is 35.3. The lowest BCUT2D eigenvalue weighted by Crippen LogP contribution is -2.40. The minimum absolute atomic E-state index is 0.0447. The van der Waals surface area contributed by atoms with Crippen molar-refractivity contribution in [2.45, 2.75) is 51.7 Å². The van der Waals surface area contributed by atoms with E-state index < -0.39 is 0 Å². The summed E-state index contributed by atoms with van der Waals surface area (Å²) >= 11 is 0. The smallest absolute Gasteiger partial charge is 0.323 e. The van der Waals surface area contributed by atoms with Crippen molar-refractivity contribution < 1.29 is 9.53 Å². The van der Waals surface area contributed by atoms with Crippen LogP contribution < -0.4 is 5.32 Å². The Bertz CT molecular complexity index is 257. The van der Waals surface area contributed by atoms with Crippen molar-refractivity contribution in [1.29, 1.82) is 0 Å². The SMILES string of the molecule is CC(C)(C)OC(=O)[C@@H]1NC[C@H]2CCC[C@@H]21. The number of hydrogen-bond donors (Lipinski definition) is 1. The van der Waals surface area contributed by atoms with E-state index in [2.05, 4.69) is 5.32 Å². The van der Waals surface area contributed by atoms with Gasteiger partial charge in [0.2, 0.25) is 0 Å². The molecule has 0 amide bonds. The molecule has 86 valence electrons. The van der Waals surface area contributed by atoms with Crippen LogP contribution in [0.25, 0.3) is 0 Å². The fourth-order valence-electron chi connectivity index (χ4n) is 2.81. The Labute approximate surface area is 91.6 Å². The van der Waals surface area contributed by atoms with E-state index in [0.29, 0.717) is 11.8 Å². The molecule has 1 saturated heterocycles. The van der Waals surface area contributed by atoms with Crippen molar-refractivity contribution in [3.8, 4) is 0 Å². The number of rotatable bonds is 1. The van der Waals surface area contributed by atoms with Crippen LogP contribution in [0.5, 0.6) is 0 Å². The summed E-state index contributed by atoms with van der Waals surface area (Å²) in [7, 11) is 0. The van der Waals surface area contributed by atoms with E-state index in [1.165, 1.54) is 19.3 Å². The number of carbonyl (C=O) groups is 1. The summed E-state index contributed by atoms with van der Waals surface area (Å²) in [5.41, 5.74) is -0.366.